The van der Waals surface area contributed by atoms with Crippen LogP contribution >= 0.6 is 0 Å². The quantitative estimate of drug-likeness (QED) is 0.665. The number of nitrogens with one attached hydrogen (secondary N) is 1. The zero-order chi connectivity index (χ0) is 18.1. The number of ether oxygens (including phenoxy) is 2. The van der Waals surface area contributed by atoms with E-state index in [1.807, 2.05) is 6.07 Å². The van der Waals surface area contributed by atoms with Crippen molar-refractivity contribution in [3.8, 4) is 5.75 Å². The van der Waals surface area contributed by atoms with Crippen LogP contribution in [0, 0.1) is 12.8 Å². The van der Waals surface area contributed by atoms with Crippen molar-refractivity contribution in [2.75, 3.05) is 19.8 Å². The van der Waals surface area contributed by atoms with Crippen molar-refractivity contribution in [2.24, 2.45) is 5.92 Å². The van der Waals surface area contributed by atoms with Gasteiger partial charge in [-0.2, -0.15) is 4.98 Å². The largest absolute Gasteiger partial charge is 0.485 e. The SMILES string of the molecule is Cc1nc(COc2ccccc2C(=O)NCCCOCC(C)C)no1. The van der Waals surface area contributed by atoms with Gasteiger partial charge in [-0.25, -0.2) is 0 Å². The summed E-state index contributed by atoms with van der Waals surface area (Å²) in [5, 5.41) is 6.65. The molecule has 25 heavy (non-hydrogen) atoms. The van der Waals surface area contributed by atoms with Crippen molar-refractivity contribution in [2.45, 2.75) is 33.8 Å². The van der Waals surface area contributed by atoms with Gasteiger partial charge in [0.25, 0.3) is 5.91 Å². The Hall–Kier alpha value is -2.41. The molecule has 0 unspecified atom stereocenters. The molecule has 0 aliphatic rings. The lowest BCUT2D eigenvalue weighted by molar-refractivity contribution is 0.0921. The minimum Gasteiger partial charge on any atom is -0.485 e. The fraction of sp³-hybridized carbons (Fsp3) is 0.500. The van der Waals surface area contributed by atoms with Gasteiger partial charge in [0, 0.05) is 26.7 Å². The number of aromatic nitrogens is 2. The third-order valence-electron chi connectivity index (χ3n) is 3.26. The third kappa shape index (κ3) is 6.54. The fourth-order valence-corrected chi connectivity index (χ4v) is 2.11. The first kappa shape index (κ1) is 18.9. The lowest BCUT2D eigenvalue weighted by atomic mass is 10.2. The van der Waals surface area contributed by atoms with E-state index < -0.39 is 0 Å². The van der Waals surface area contributed by atoms with E-state index in [-0.39, 0.29) is 12.5 Å². The molecule has 0 saturated heterocycles. The summed E-state index contributed by atoms with van der Waals surface area (Å²) in [6.07, 6.45) is 0.767. The minimum absolute atomic E-state index is 0.144. The Labute approximate surface area is 147 Å². The highest BCUT2D eigenvalue weighted by molar-refractivity contribution is 5.96. The minimum atomic E-state index is -0.177. The molecule has 0 bridgehead atoms. The number of benzene rings is 1. The van der Waals surface area contributed by atoms with Crippen molar-refractivity contribution in [3.63, 3.8) is 0 Å². The predicted octanol–water partition coefficient (Wildman–Crippen LogP) is 2.75. The van der Waals surface area contributed by atoms with Crippen molar-refractivity contribution < 1.29 is 18.8 Å². The summed E-state index contributed by atoms with van der Waals surface area (Å²) in [5.41, 5.74) is 0.478. The molecule has 2 rings (SSSR count). The van der Waals surface area contributed by atoms with E-state index in [1.165, 1.54) is 0 Å². The lowest BCUT2D eigenvalue weighted by Crippen LogP contribution is -2.26. The molecular weight excluding hydrogens is 322 g/mol. The van der Waals surface area contributed by atoms with Crippen LogP contribution in [-0.4, -0.2) is 35.8 Å². The topological polar surface area (TPSA) is 86.5 Å². The molecule has 0 spiro atoms. The standard InChI is InChI=1S/C18H25N3O4/c1-13(2)11-23-10-6-9-19-18(22)15-7-4-5-8-16(15)24-12-17-20-14(3)25-21-17/h4-5,7-8,13H,6,9-12H2,1-3H3,(H,19,22). The molecule has 7 nitrogen and oxygen atoms in total. The van der Waals surface area contributed by atoms with Crippen LogP contribution in [-0.2, 0) is 11.3 Å². The number of hydrogen-bond acceptors (Lipinski definition) is 6. The summed E-state index contributed by atoms with van der Waals surface area (Å²) < 4.78 is 16.1. The first-order valence-corrected chi connectivity index (χ1v) is 8.43. The summed E-state index contributed by atoms with van der Waals surface area (Å²) in [7, 11) is 0. The number of amides is 1. The van der Waals surface area contributed by atoms with Crippen LogP contribution in [0.2, 0.25) is 0 Å². The Bertz CT molecular complexity index is 670. The highest BCUT2D eigenvalue weighted by atomic mass is 16.5. The van der Waals surface area contributed by atoms with Crippen molar-refractivity contribution in [1.29, 1.82) is 0 Å². The second-order valence-electron chi connectivity index (χ2n) is 6.09. The van der Waals surface area contributed by atoms with Crippen molar-refractivity contribution in [3.05, 3.63) is 41.5 Å². The molecule has 136 valence electrons. The molecule has 0 fully saturated rings. The molecule has 0 radical (unpaired) electrons. The van der Waals surface area contributed by atoms with Gasteiger partial charge in [-0.15, -0.1) is 0 Å². The number of para-hydroxylation sites is 1. The van der Waals surface area contributed by atoms with E-state index in [4.69, 9.17) is 14.0 Å². The van der Waals surface area contributed by atoms with Gasteiger partial charge in [-0.1, -0.05) is 31.1 Å². The van der Waals surface area contributed by atoms with E-state index >= 15 is 0 Å². The highest BCUT2D eigenvalue weighted by Gasteiger charge is 2.12. The third-order valence-corrected chi connectivity index (χ3v) is 3.26. The molecule has 2 aromatic rings. The Morgan fingerprint density at radius 3 is 2.84 bits per heavy atom. The Morgan fingerprint density at radius 2 is 2.12 bits per heavy atom. The molecule has 0 aliphatic heterocycles. The van der Waals surface area contributed by atoms with Crippen LogP contribution in [0.4, 0.5) is 0 Å². The van der Waals surface area contributed by atoms with Crippen LogP contribution in [0.5, 0.6) is 5.75 Å². The van der Waals surface area contributed by atoms with Gasteiger partial charge < -0.3 is 19.3 Å². The first-order valence-electron chi connectivity index (χ1n) is 8.43. The maximum absolute atomic E-state index is 12.3. The number of rotatable bonds is 10. The molecule has 7 heteroatoms. The normalized spacial score (nSPS) is 10.9. The average molecular weight is 347 g/mol. The zero-order valence-electron chi connectivity index (χ0n) is 14.9. The average Bonchev–Trinajstić information content (AvgIpc) is 3.01. The van der Waals surface area contributed by atoms with Gasteiger partial charge in [0.1, 0.15) is 5.75 Å². The van der Waals surface area contributed by atoms with Gasteiger partial charge in [-0.3, -0.25) is 4.79 Å². The molecule has 1 amide bonds. The molecule has 0 saturated carbocycles. The Morgan fingerprint density at radius 1 is 1.32 bits per heavy atom. The van der Waals surface area contributed by atoms with Gasteiger partial charge >= 0.3 is 0 Å². The second kappa shape index (κ2) is 9.78. The molecule has 1 N–H and O–H groups in total. The van der Waals surface area contributed by atoms with E-state index in [1.54, 1.807) is 25.1 Å². The Balaban J connectivity index is 1.81. The maximum Gasteiger partial charge on any atom is 0.255 e. The lowest BCUT2D eigenvalue weighted by Gasteiger charge is -2.11. The van der Waals surface area contributed by atoms with E-state index in [0.717, 1.165) is 13.0 Å². The second-order valence-corrected chi connectivity index (χ2v) is 6.09. The maximum atomic E-state index is 12.3. The van der Waals surface area contributed by atoms with Gasteiger partial charge in [0.05, 0.1) is 5.56 Å². The molecular formula is C18H25N3O4. The molecule has 1 aromatic carbocycles. The summed E-state index contributed by atoms with van der Waals surface area (Å²) in [5.74, 6) is 1.74. The van der Waals surface area contributed by atoms with Gasteiger partial charge in [-0.05, 0) is 24.5 Å². The molecule has 1 aromatic heterocycles. The van der Waals surface area contributed by atoms with Crippen LogP contribution in [0.3, 0.4) is 0 Å². The molecule has 0 aliphatic carbocycles. The summed E-state index contributed by atoms with van der Waals surface area (Å²) in [4.78, 5) is 16.4. The van der Waals surface area contributed by atoms with Crippen molar-refractivity contribution in [1.82, 2.24) is 15.5 Å². The fourth-order valence-electron chi connectivity index (χ4n) is 2.11. The Kier molecular flexibility index (Phi) is 7.40. The number of nitrogens with zero attached hydrogens (tertiary/aromatic N) is 2. The molecule has 1 heterocycles. The number of aryl methyl sites for hydroxylation is 1. The van der Waals surface area contributed by atoms with E-state index in [2.05, 4.69) is 29.3 Å². The number of hydrogen-bond donors (Lipinski definition) is 1. The summed E-state index contributed by atoms with van der Waals surface area (Å²) in [6.45, 7) is 7.99. The van der Waals surface area contributed by atoms with Crippen LogP contribution < -0.4 is 10.1 Å². The highest BCUT2D eigenvalue weighted by Crippen LogP contribution is 2.18. The van der Waals surface area contributed by atoms with Crippen molar-refractivity contribution >= 4 is 5.91 Å². The van der Waals surface area contributed by atoms with Crippen LogP contribution in [0.15, 0.2) is 28.8 Å². The van der Waals surface area contributed by atoms with Gasteiger partial charge in [0.15, 0.2) is 6.61 Å². The summed E-state index contributed by atoms with van der Waals surface area (Å²) in [6, 6.07) is 7.08. The predicted molar refractivity (Wildman–Crippen MR) is 92.4 cm³/mol. The van der Waals surface area contributed by atoms with Gasteiger partial charge in [0.2, 0.25) is 11.7 Å². The number of carbonyl (C=O) groups excluding carboxylic acids is 1. The summed E-state index contributed by atoms with van der Waals surface area (Å²) >= 11 is 0. The first-order chi connectivity index (χ1) is 12.1. The zero-order valence-corrected chi connectivity index (χ0v) is 14.9. The number of carbonyl (C=O) groups is 1. The van der Waals surface area contributed by atoms with E-state index in [9.17, 15) is 4.79 Å². The molecule has 0 atom stereocenters. The van der Waals surface area contributed by atoms with Crippen LogP contribution in [0.25, 0.3) is 0 Å². The van der Waals surface area contributed by atoms with E-state index in [0.29, 0.717) is 42.1 Å². The smallest absolute Gasteiger partial charge is 0.255 e. The monoisotopic (exact) mass is 347 g/mol. The van der Waals surface area contributed by atoms with Crippen LogP contribution in [0.1, 0.15) is 42.3 Å².